The molecule has 1 heterocycles. The third-order valence-electron chi connectivity index (χ3n) is 4.22. The molecule has 0 radical (unpaired) electrons. The van der Waals surface area contributed by atoms with Crippen LogP contribution in [-0.4, -0.2) is 32.1 Å². The standard InChI is InChI=1S/C21H31NO3S/c1-20(2,3)15-10-14(12-17-19(23)22-8-9-26-17)11-16(21(4,5)6)18(15)25-13-24-7/h10-12H,8-9,13H2,1-7H3,(H,22,23). The fraction of sp³-hybridized carbons (Fsp3) is 0.571. The topological polar surface area (TPSA) is 47.6 Å². The van der Waals surface area contributed by atoms with Crippen LogP contribution in [0.3, 0.4) is 0 Å². The van der Waals surface area contributed by atoms with Crippen molar-refractivity contribution in [1.29, 1.82) is 0 Å². The van der Waals surface area contributed by atoms with Gasteiger partial charge in [0.15, 0.2) is 6.79 Å². The molecule has 1 aromatic rings. The molecule has 1 saturated heterocycles. The monoisotopic (exact) mass is 377 g/mol. The number of benzene rings is 1. The maximum atomic E-state index is 12.1. The largest absolute Gasteiger partial charge is 0.467 e. The summed E-state index contributed by atoms with van der Waals surface area (Å²) in [6, 6.07) is 4.27. The highest BCUT2D eigenvalue weighted by Gasteiger charge is 2.28. The van der Waals surface area contributed by atoms with Gasteiger partial charge in [0, 0.05) is 30.5 Å². The highest BCUT2D eigenvalue weighted by Crippen LogP contribution is 2.41. The number of nitrogens with one attached hydrogen (secondary N) is 1. The van der Waals surface area contributed by atoms with E-state index in [1.165, 1.54) is 0 Å². The van der Waals surface area contributed by atoms with Crippen molar-refractivity contribution in [2.75, 3.05) is 26.2 Å². The number of amides is 1. The van der Waals surface area contributed by atoms with Crippen LogP contribution >= 0.6 is 11.8 Å². The van der Waals surface area contributed by atoms with Crippen LogP contribution in [0.25, 0.3) is 6.08 Å². The third-order valence-corrected chi connectivity index (χ3v) is 5.24. The van der Waals surface area contributed by atoms with E-state index in [9.17, 15) is 4.79 Å². The summed E-state index contributed by atoms with van der Waals surface area (Å²) in [6.07, 6.45) is 1.99. The third kappa shape index (κ3) is 5.04. The Morgan fingerprint density at radius 1 is 1.12 bits per heavy atom. The Morgan fingerprint density at radius 2 is 1.69 bits per heavy atom. The van der Waals surface area contributed by atoms with Crippen LogP contribution in [0.15, 0.2) is 17.0 Å². The van der Waals surface area contributed by atoms with E-state index in [1.807, 2.05) is 6.08 Å². The Kier molecular flexibility index (Phi) is 6.46. The molecule has 1 aliphatic rings. The molecule has 0 unspecified atom stereocenters. The van der Waals surface area contributed by atoms with Gasteiger partial charge < -0.3 is 14.8 Å². The molecule has 144 valence electrons. The molecule has 0 spiro atoms. The van der Waals surface area contributed by atoms with E-state index < -0.39 is 0 Å². The summed E-state index contributed by atoms with van der Waals surface area (Å²) < 4.78 is 11.2. The highest BCUT2D eigenvalue weighted by molar-refractivity contribution is 8.04. The van der Waals surface area contributed by atoms with Crippen molar-refractivity contribution < 1.29 is 14.3 Å². The maximum absolute atomic E-state index is 12.1. The van der Waals surface area contributed by atoms with Crippen molar-refractivity contribution in [3.05, 3.63) is 33.7 Å². The van der Waals surface area contributed by atoms with Crippen molar-refractivity contribution in [3.63, 3.8) is 0 Å². The number of hydrogen-bond acceptors (Lipinski definition) is 4. The summed E-state index contributed by atoms with van der Waals surface area (Å²) in [6.45, 7) is 14.0. The lowest BCUT2D eigenvalue weighted by atomic mass is 9.78. The summed E-state index contributed by atoms with van der Waals surface area (Å²) in [7, 11) is 1.63. The number of carbonyl (C=O) groups excluding carboxylic acids is 1. The number of carbonyl (C=O) groups is 1. The maximum Gasteiger partial charge on any atom is 0.257 e. The quantitative estimate of drug-likeness (QED) is 0.621. The van der Waals surface area contributed by atoms with Crippen LogP contribution in [0.2, 0.25) is 0 Å². The van der Waals surface area contributed by atoms with Gasteiger partial charge >= 0.3 is 0 Å². The molecule has 1 fully saturated rings. The predicted octanol–water partition coefficient (Wildman–Crippen LogP) is 4.47. The van der Waals surface area contributed by atoms with Gasteiger partial charge in [0.05, 0.1) is 4.91 Å². The smallest absolute Gasteiger partial charge is 0.257 e. The Bertz CT molecular complexity index is 661. The Balaban J connectivity index is 2.64. The fourth-order valence-corrected chi connectivity index (χ4v) is 3.71. The van der Waals surface area contributed by atoms with E-state index in [1.54, 1.807) is 18.9 Å². The molecule has 0 aliphatic carbocycles. The lowest BCUT2D eigenvalue weighted by Gasteiger charge is -2.30. The molecular formula is C21H31NO3S. The minimum Gasteiger partial charge on any atom is -0.467 e. The Morgan fingerprint density at radius 3 is 2.15 bits per heavy atom. The number of methoxy groups -OCH3 is 1. The molecule has 0 saturated carbocycles. The second kappa shape index (κ2) is 8.05. The van der Waals surface area contributed by atoms with E-state index in [0.717, 1.165) is 39.6 Å². The van der Waals surface area contributed by atoms with Crippen molar-refractivity contribution in [2.45, 2.75) is 52.4 Å². The zero-order valence-electron chi connectivity index (χ0n) is 17.0. The van der Waals surface area contributed by atoms with Gasteiger partial charge in [0.2, 0.25) is 0 Å². The average molecular weight is 378 g/mol. The average Bonchev–Trinajstić information content (AvgIpc) is 2.53. The van der Waals surface area contributed by atoms with Crippen LogP contribution in [0.4, 0.5) is 0 Å². The van der Waals surface area contributed by atoms with Crippen molar-refractivity contribution in [3.8, 4) is 5.75 Å². The van der Waals surface area contributed by atoms with Gasteiger partial charge in [-0.1, -0.05) is 41.5 Å². The first-order valence-corrected chi connectivity index (χ1v) is 9.96. The van der Waals surface area contributed by atoms with Crippen LogP contribution < -0.4 is 10.1 Å². The van der Waals surface area contributed by atoms with Gasteiger partial charge in [-0.25, -0.2) is 0 Å². The number of rotatable bonds is 4. The molecule has 0 atom stereocenters. The lowest BCUT2D eigenvalue weighted by Crippen LogP contribution is -2.30. The second-order valence-electron chi connectivity index (χ2n) is 8.61. The van der Waals surface area contributed by atoms with E-state index in [4.69, 9.17) is 9.47 Å². The molecular weight excluding hydrogens is 346 g/mol. The molecule has 1 aromatic carbocycles. The first-order chi connectivity index (χ1) is 12.0. The first kappa shape index (κ1) is 20.8. The summed E-state index contributed by atoms with van der Waals surface area (Å²) in [5.74, 6) is 1.80. The van der Waals surface area contributed by atoms with E-state index in [2.05, 4.69) is 59.0 Å². The van der Waals surface area contributed by atoms with E-state index >= 15 is 0 Å². The molecule has 1 amide bonds. The van der Waals surface area contributed by atoms with Crippen LogP contribution in [-0.2, 0) is 20.4 Å². The second-order valence-corrected chi connectivity index (χ2v) is 9.75. The SMILES string of the molecule is COCOc1c(C(C)(C)C)cc(C=C2SCCNC2=O)cc1C(C)(C)C. The fourth-order valence-electron chi connectivity index (χ4n) is 2.86. The summed E-state index contributed by atoms with van der Waals surface area (Å²) in [5.41, 5.74) is 3.08. The number of hydrogen-bond donors (Lipinski definition) is 1. The van der Waals surface area contributed by atoms with Crippen LogP contribution in [0, 0.1) is 0 Å². The molecule has 5 heteroatoms. The molecule has 2 rings (SSSR count). The minimum atomic E-state index is -0.0977. The van der Waals surface area contributed by atoms with E-state index in [0.29, 0.717) is 0 Å². The molecule has 4 nitrogen and oxygen atoms in total. The van der Waals surface area contributed by atoms with Gasteiger partial charge in [0.25, 0.3) is 5.91 Å². The first-order valence-electron chi connectivity index (χ1n) is 8.97. The van der Waals surface area contributed by atoms with Gasteiger partial charge in [-0.2, -0.15) is 0 Å². The summed E-state index contributed by atoms with van der Waals surface area (Å²) in [4.78, 5) is 12.9. The van der Waals surface area contributed by atoms with Gasteiger partial charge in [-0.15, -0.1) is 11.8 Å². The lowest BCUT2D eigenvalue weighted by molar-refractivity contribution is -0.116. The number of ether oxygens (including phenoxy) is 2. The predicted molar refractivity (Wildman–Crippen MR) is 110 cm³/mol. The van der Waals surface area contributed by atoms with Gasteiger partial charge in [0.1, 0.15) is 5.75 Å². The zero-order valence-corrected chi connectivity index (χ0v) is 17.8. The van der Waals surface area contributed by atoms with Crippen LogP contribution in [0.5, 0.6) is 5.75 Å². The van der Waals surface area contributed by atoms with Crippen molar-refractivity contribution in [2.24, 2.45) is 0 Å². The Hall–Kier alpha value is -1.46. The van der Waals surface area contributed by atoms with Crippen LogP contribution in [0.1, 0.15) is 58.2 Å². The highest BCUT2D eigenvalue weighted by atomic mass is 32.2. The zero-order chi connectivity index (χ0) is 19.5. The molecule has 1 N–H and O–H groups in total. The van der Waals surface area contributed by atoms with Crippen molar-refractivity contribution >= 4 is 23.7 Å². The molecule has 0 aromatic heterocycles. The number of thioether (sulfide) groups is 1. The molecule has 26 heavy (non-hydrogen) atoms. The molecule has 0 bridgehead atoms. The normalized spacial score (nSPS) is 17.3. The van der Waals surface area contributed by atoms with Crippen molar-refractivity contribution in [1.82, 2.24) is 5.32 Å². The van der Waals surface area contributed by atoms with Gasteiger partial charge in [-0.3, -0.25) is 4.79 Å². The minimum absolute atomic E-state index is 0.00979. The Labute approximate surface area is 161 Å². The summed E-state index contributed by atoms with van der Waals surface area (Å²) in [5, 5.41) is 2.91. The summed E-state index contributed by atoms with van der Waals surface area (Å²) >= 11 is 1.61. The van der Waals surface area contributed by atoms with Gasteiger partial charge in [-0.05, 0) is 34.6 Å². The molecule has 1 aliphatic heterocycles. The van der Waals surface area contributed by atoms with E-state index in [-0.39, 0.29) is 23.5 Å².